The summed E-state index contributed by atoms with van der Waals surface area (Å²) in [6.07, 6.45) is 0. The van der Waals surface area contributed by atoms with Crippen molar-refractivity contribution in [3.8, 4) is 0 Å². The van der Waals surface area contributed by atoms with Crippen LogP contribution < -0.4 is 0 Å². The van der Waals surface area contributed by atoms with Gasteiger partial charge in [-0.2, -0.15) is 0 Å². The third kappa shape index (κ3) is 49.1. The SMILES string of the molecule is [O]=[Mo](=[O])=[O].[SnH4].[Zn]. The Hall–Kier alpha value is 1.51. The van der Waals surface area contributed by atoms with Gasteiger partial charge in [0.15, 0.2) is 0 Å². The molecule has 0 N–H and O–H groups in total. The molecule has 0 aromatic rings. The first kappa shape index (κ1) is 15.6. The van der Waals surface area contributed by atoms with E-state index in [0.29, 0.717) is 0 Å². The molecular weight excluding hydrogens is 328 g/mol. The quantitative estimate of drug-likeness (QED) is 0.492. The Kier molecular flexibility index (Phi) is 25.3. The molecule has 0 heterocycles. The van der Waals surface area contributed by atoms with Gasteiger partial charge in [-0.3, -0.25) is 0 Å². The molecule has 3 nitrogen and oxygen atoms in total. The second kappa shape index (κ2) is 9.72. The summed E-state index contributed by atoms with van der Waals surface area (Å²) in [5.41, 5.74) is 0. The summed E-state index contributed by atoms with van der Waals surface area (Å²) >= 11 is -4.11. The summed E-state index contributed by atoms with van der Waals surface area (Å²) < 4.78 is 25.8. The van der Waals surface area contributed by atoms with Crippen molar-refractivity contribution in [2.75, 3.05) is 0 Å². The van der Waals surface area contributed by atoms with Gasteiger partial charge in [0.2, 0.25) is 0 Å². The van der Waals surface area contributed by atoms with Crippen LogP contribution in [-0.2, 0) is 46.9 Å². The molecule has 0 aliphatic carbocycles. The van der Waals surface area contributed by atoms with E-state index in [1.807, 2.05) is 0 Å². The second-order valence-electron chi connectivity index (χ2n) is 0.204. The Bertz CT molecular complexity index is 80.2. The minimum atomic E-state index is -4.11. The summed E-state index contributed by atoms with van der Waals surface area (Å²) in [6, 6.07) is 0. The van der Waals surface area contributed by atoms with Crippen molar-refractivity contribution in [3.63, 3.8) is 0 Å². The van der Waals surface area contributed by atoms with Crippen LogP contribution in [0.2, 0.25) is 0 Å². The molecule has 0 rings (SSSR count). The molecule has 0 aromatic heterocycles. The second-order valence-corrected chi connectivity index (χ2v) is 1.21. The molecule has 34 valence electrons. The van der Waals surface area contributed by atoms with Crippen molar-refractivity contribution < 1.29 is 46.9 Å². The Balaban J connectivity index is -0.0000000450. The minimum absolute atomic E-state index is 0. The molecule has 6 heavy (non-hydrogen) atoms. The zero-order chi connectivity index (χ0) is 3.58. The molecule has 0 amide bonds. The maximum absolute atomic E-state index is 8.59. The zero-order valence-electron chi connectivity index (χ0n) is 2.34. The Labute approximate surface area is 70.1 Å². The fraction of sp³-hybridized carbons (Fsp3) is 0. The van der Waals surface area contributed by atoms with Crippen LogP contribution in [0, 0.1) is 0 Å². The first-order chi connectivity index (χ1) is 1.73. The number of hydrogen-bond donors (Lipinski definition) is 0. The van der Waals surface area contributed by atoms with Crippen LogP contribution in [0.25, 0.3) is 0 Å². The van der Waals surface area contributed by atoms with Crippen molar-refractivity contribution in [3.05, 3.63) is 0 Å². The molecule has 0 spiro atoms. The summed E-state index contributed by atoms with van der Waals surface area (Å²) in [5, 5.41) is 0. The van der Waals surface area contributed by atoms with Crippen LogP contribution in [0.1, 0.15) is 0 Å². The van der Waals surface area contributed by atoms with Gasteiger partial charge in [0, 0.05) is 19.5 Å². The molecule has 6 heteroatoms. The van der Waals surface area contributed by atoms with Gasteiger partial charge in [0.1, 0.15) is 0 Å². The van der Waals surface area contributed by atoms with Crippen LogP contribution in [0.15, 0.2) is 0 Å². The van der Waals surface area contributed by atoms with Gasteiger partial charge in [0.05, 0.1) is 0 Å². The molecule has 0 fully saturated rings. The summed E-state index contributed by atoms with van der Waals surface area (Å²) in [6.45, 7) is 0. The predicted molar refractivity (Wildman–Crippen MR) is 13.4 cm³/mol. The molecular formula is H4MoO3SnZn. The van der Waals surface area contributed by atoms with E-state index >= 15 is 0 Å². The molecule has 0 atom stereocenters. The first-order valence-corrected chi connectivity index (χ1v) is 2.96. The van der Waals surface area contributed by atoms with Crippen LogP contribution >= 0.6 is 0 Å². The normalized spacial score (nSPS) is 4.00. The maximum Gasteiger partial charge on any atom is 0 e. The van der Waals surface area contributed by atoms with Gasteiger partial charge in [-0.25, -0.2) is 0 Å². The van der Waals surface area contributed by atoms with Crippen molar-refractivity contribution in [1.82, 2.24) is 0 Å². The molecule has 0 bridgehead atoms. The van der Waals surface area contributed by atoms with Crippen LogP contribution in [0.4, 0.5) is 0 Å². The van der Waals surface area contributed by atoms with Gasteiger partial charge in [-0.1, -0.05) is 0 Å². The van der Waals surface area contributed by atoms with E-state index in [4.69, 9.17) is 10.2 Å². The average molecular weight is 332 g/mol. The van der Waals surface area contributed by atoms with Gasteiger partial charge in [-0.05, 0) is 0 Å². The van der Waals surface area contributed by atoms with Gasteiger partial charge >= 0.3 is 51.3 Å². The van der Waals surface area contributed by atoms with Crippen molar-refractivity contribution in [1.29, 1.82) is 0 Å². The van der Waals surface area contributed by atoms with Crippen molar-refractivity contribution >= 4 is 23.9 Å². The molecule has 0 aliphatic heterocycles. The smallest absolute Gasteiger partial charge is 0 e. The van der Waals surface area contributed by atoms with E-state index in [2.05, 4.69) is 0 Å². The topological polar surface area (TPSA) is 51.2 Å². The van der Waals surface area contributed by atoms with E-state index in [1.165, 1.54) is 0 Å². The van der Waals surface area contributed by atoms with E-state index in [0.717, 1.165) is 0 Å². The van der Waals surface area contributed by atoms with E-state index < -0.39 is 17.2 Å². The number of rotatable bonds is 0. The molecule has 0 radical (unpaired) electrons. The van der Waals surface area contributed by atoms with Crippen LogP contribution in [-0.4, -0.2) is 23.9 Å². The molecule has 0 saturated heterocycles. The summed E-state index contributed by atoms with van der Waals surface area (Å²) in [4.78, 5) is 0. The van der Waals surface area contributed by atoms with E-state index in [9.17, 15) is 0 Å². The Morgan fingerprint density at radius 3 is 1.00 bits per heavy atom. The maximum atomic E-state index is 8.59. The zero-order valence-corrected chi connectivity index (χ0v) is 7.31. The van der Waals surface area contributed by atoms with Gasteiger partial charge < -0.3 is 0 Å². The molecule has 0 unspecified atom stereocenters. The molecule has 0 saturated carbocycles. The summed E-state index contributed by atoms with van der Waals surface area (Å²) in [7, 11) is 0. The Morgan fingerprint density at radius 2 is 1.00 bits per heavy atom. The molecule has 0 aromatic carbocycles. The predicted octanol–water partition coefficient (Wildman–Crippen LogP) is -1.81. The third-order valence-electron chi connectivity index (χ3n) is 0. The Morgan fingerprint density at radius 1 is 1.00 bits per heavy atom. The van der Waals surface area contributed by atoms with Crippen molar-refractivity contribution in [2.24, 2.45) is 0 Å². The van der Waals surface area contributed by atoms with Crippen molar-refractivity contribution in [2.45, 2.75) is 0 Å². The standard InChI is InChI=1S/Mo.3O.Sn.Zn.4H. The third-order valence-corrected chi connectivity index (χ3v) is 0. The first-order valence-electron chi connectivity index (χ1n) is 0.500. The fourth-order valence-corrected chi connectivity index (χ4v) is 0. The van der Waals surface area contributed by atoms with E-state index in [-0.39, 0.29) is 43.4 Å². The summed E-state index contributed by atoms with van der Waals surface area (Å²) in [5.74, 6) is 0. The average Bonchev–Trinajstić information content (AvgIpc) is 0.811. The number of hydrogen-bond acceptors (Lipinski definition) is 3. The monoisotopic (exact) mass is 334 g/mol. The minimum Gasteiger partial charge on any atom is 0 e. The van der Waals surface area contributed by atoms with Gasteiger partial charge in [-0.15, -0.1) is 0 Å². The fourth-order valence-electron chi connectivity index (χ4n) is 0. The van der Waals surface area contributed by atoms with Gasteiger partial charge in [0.25, 0.3) is 0 Å². The van der Waals surface area contributed by atoms with Crippen LogP contribution in [0.5, 0.6) is 0 Å². The molecule has 0 aliphatic rings. The largest absolute Gasteiger partial charge is 0 e. The van der Waals surface area contributed by atoms with Crippen LogP contribution in [0.3, 0.4) is 0 Å². The van der Waals surface area contributed by atoms with E-state index in [1.54, 1.807) is 0 Å².